The highest BCUT2D eigenvalue weighted by atomic mass is 16.7. The van der Waals surface area contributed by atoms with Crippen molar-refractivity contribution < 1.29 is 14.3 Å². The van der Waals surface area contributed by atoms with E-state index in [-0.39, 0.29) is 5.91 Å². The molecule has 1 atom stereocenters. The molecule has 0 radical (unpaired) electrons. The molecule has 0 aliphatic carbocycles. The number of pyridine rings is 1. The number of hydrogen-bond donors (Lipinski definition) is 0. The van der Waals surface area contributed by atoms with E-state index in [1.165, 1.54) is 0 Å². The predicted octanol–water partition coefficient (Wildman–Crippen LogP) is 0.906. The van der Waals surface area contributed by atoms with Crippen molar-refractivity contribution in [3.8, 4) is 0 Å². The van der Waals surface area contributed by atoms with Gasteiger partial charge >= 0.3 is 0 Å². The minimum Gasteiger partial charge on any atom is -0.347 e. The summed E-state index contributed by atoms with van der Waals surface area (Å²) in [5.41, 5.74) is 1.75. The van der Waals surface area contributed by atoms with Crippen molar-refractivity contribution in [2.45, 2.75) is 18.8 Å². The summed E-state index contributed by atoms with van der Waals surface area (Å²) in [6.45, 7) is 4.41. The molecule has 2 aromatic heterocycles. The Labute approximate surface area is 158 Å². The standard InChI is InChI=1S/C19H25N5O3/c1-22-12-16(10-21-22)13-23-6-3-8-26-19(14-23)15-24(7-9-27-19)18(25)17-4-2-5-20-11-17/h2,4-5,10-12H,3,6-9,13-15H2,1H3. The number of nitrogens with zero attached hydrogens (tertiary/aromatic N) is 5. The van der Waals surface area contributed by atoms with Gasteiger partial charge in [-0.1, -0.05) is 0 Å². The van der Waals surface area contributed by atoms with Gasteiger partial charge in [-0.05, 0) is 18.6 Å². The quantitative estimate of drug-likeness (QED) is 0.799. The fourth-order valence-corrected chi connectivity index (χ4v) is 3.74. The third kappa shape index (κ3) is 4.18. The van der Waals surface area contributed by atoms with Gasteiger partial charge in [0, 0.05) is 50.8 Å². The van der Waals surface area contributed by atoms with E-state index in [9.17, 15) is 4.79 Å². The molecule has 27 heavy (non-hydrogen) atoms. The zero-order chi connectivity index (χ0) is 18.7. The second kappa shape index (κ2) is 7.75. The molecular formula is C19H25N5O3. The average molecular weight is 371 g/mol. The number of carbonyl (C=O) groups excluding carboxylic acids is 1. The molecule has 144 valence electrons. The van der Waals surface area contributed by atoms with Crippen LogP contribution in [0.1, 0.15) is 22.3 Å². The lowest BCUT2D eigenvalue weighted by molar-refractivity contribution is -0.261. The van der Waals surface area contributed by atoms with Gasteiger partial charge in [-0.3, -0.25) is 19.4 Å². The van der Waals surface area contributed by atoms with Gasteiger partial charge in [-0.15, -0.1) is 0 Å². The lowest BCUT2D eigenvalue weighted by atomic mass is 10.1. The minimum atomic E-state index is -0.783. The van der Waals surface area contributed by atoms with Crippen LogP contribution in [0, 0.1) is 0 Å². The van der Waals surface area contributed by atoms with Gasteiger partial charge in [0.05, 0.1) is 38.1 Å². The van der Waals surface area contributed by atoms with Crippen LogP contribution in [0.15, 0.2) is 36.9 Å². The highest BCUT2D eigenvalue weighted by Gasteiger charge is 2.42. The smallest absolute Gasteiger partial charge is 0.255 e. The Morgan fingerprint density at radius 1 is 1.22 bits per heavy atom. The van der Waals surface area contributed by atoms with Crippen molar-refractivity contribution in [1.29, 1.82) is 0 Å². The van der Waals surface area contributed by atoms with Gasteiger partial charge in [0.1, 0.15) is 0 Å². The Hall–Kier alpha value is -2.29. The molecule has 4 heterocycles. The van der Waals surface area contributed by atoms with Gasteiger partial charge < -0.3 is 14.4 Å². The van der Waals surface area contributed by atoms with E-state index in [1.54, 1.807) is 24.5 Å². The first-order valence-electron chi connectivity index (χ1n) is 9.31. The van der Waals surface area contributed by atoms with Crippen LogP contribution in [0.25, 0.3) is 0 Å². The van der Waals surface area contributed by atoms with Crippen molar-refractivity contribution in [3.63, 3.8) is 0 Å². The minimum absolute atomic E-state index is 0.0302. The Balaban J connectivity index is 1.47. The summed E-state index contributed by atoms with van der Waals surface area (Å²) in [6, 6.07) is 3.57. The van der Waals surface area contributed by atoms with Gasteiger partial charge in [0.2, 0.25) is 0 Å². The highest BCUT2D eigenvalue weighted by molar-refractivity contribution is 5.94. The molecule has 2 aromatic rings. The fraction of sp³-hybridized carbons (Fsp3) is 0.526. The average Bonchev–Trinajstić information content (AvgIpc) is 3.00. The molecule has 2 saturated heterocycles. The number of aryl methyl sites for hydroxylation is 1. The largest absolute Gasteiger partial charge is 0.347 e. The molecule has 2 aliphatic heterocycles. The molecule has 0 N–H and O–H groups in total. The first-order valence-corrected chi connectivity index (χ1v) is 9.31. The lowest BCUT2D eigenvalue weighted by Crippen LogP contribution is -2.59. The first kappa shape index (κ1) is 18.1. The summed E-state index contributed by atoms with van der Waals surface area (Å²) < 4.78 is 14.0. The summed E-state index contributed by atoms with van der Waals surface area (Å²) >= 11 is 0. The molecule has 1 unspecified atom stereocenters. The monoisotopic (exact) mass is 371 g/mol. The van der Waals surface area contributed by atoms with Gasteiger partial charge in [-0.25, -0.2) is 0 Å². The summed E-state index contributed by atoms with van der Waals surface area (Å²) in [7, 11) is 1.92. The SMILES string of the molecule is Cn1cc(CN2CCCOC3(C2)CN(C(=O)c2cccnc2)CCO3)cn1. The maximum Gasteiger partial charge on any atom is 0.255 e. The number of amides is 1. The second-order valence-electron chi connectivity index (χ2n) is 7.16. The molecule has 8 nitrogen and oxygen atoms in total. The molecule has 0 aromatic carbocycles. The molecule has 8 heteroatoms. The number of hydrogen-bond acceptors (Lipinski definition) is 6. The normalized spacial score (nSPS) is 24.1. The molecule has 4 rings (SSSR count). The van der Waals surface area contributed by atoms with Crippen LogP contribution < -0.4 is 0 Å². The zero-order valence-electron chi connectivity index (χ0n) is 15.6. The van der Waals surface area contributed by atoms with Gasteiger partial charge in [0.15, 0.2) is 5.79 Å². The Bertz CT molecular complexity index is 781. The van der Waals surface area contributed by atoms with E-state index in [0.29, 0.717) is 38.4 Å². The van der Waals surface area contributed by atoms with Crippen molar-refractivity contribution in [3.05, 3.63) is 48.0 Å². The zero-order valence-corrected chi connectivity index (χ0v) is 15.6. The maximum absolute atomic E-state index is 12.8. The molecule has 0 bridgehead atoms. The lowest BCUT2D eigenvalue weighted by Gasteiger charge is -2.43. The number of carbonyl (C=O) groups is 1. The van der Waals surface area contributed by atoms with Crippen molar-refractivity contribution in [2.24, 2.45) is 7.05 Å². The van der Waals surface area contributed by atoms with Crippen LogP contribution in [0.5, 0.6) is 0 Å². The fourth-order valence-electron chi connectivity index (χ4n) is 3.74. The number of morpholine rings is 1. The molecule has 0 saturated carbocycles. The summed E-state index contributed by atoms with van der Waals surface area (Å²) in [6.07, 6.45) is 8.12. The summed E-state index contributed by atoms with van der Waals surface area (Å²) in [5.74, 6) is -0.813. The Morgan fingerprint density at radius 2 is 2.11 bits per heavy atom. The van der Waals surface area contributed by atoms with E-state index < -0.39 is 5.79 Å². The Kier molecular flexibility index (Phi) is 5.20. The number of ether oxygens (including phenoxy) is 2. The van der Waals surface area contributed by atoms with Crippen LogP contribution in [-0.2, 0) is 23.1 Å². The highest BCUT2D eigenvalue weighted by Crippen LogP contribution is 2.26. The van der Waals surface area contributed by atoms with Crippen LogP contribution >= 0.6 is 0 Å². The third-order valence-corrected chi connectivity index (χ3v) is 4.97. The van der Waals surface area contributed by atoms with Gasteiger partial charge in [0.25, 0.3) is 5.91 Å². The first-order chi connectivity index (χ1) is 13.1. The van der Waals surface area contributed by atoms with Crippen LogP contribution in [0.4, 0.5) is 0 Å². The van der Waals surface area contributed by atoms with E-state index in [2.05, 4.69) is 15.0 Å². The van der Waals surface area contributed by atoms with Crippen LogP contribution in [0.3, 0.4) is 0 Å². The second-order valence-corrected chi connectivity index (χ2v) is 7.16. The number of rotatable bonds is 3. The molecule has 2 fully saturated rings. The maximum atomic E-state index is 12.8. The van der Waals surface area contributed by atoms with Crippen molar-refractivity contribution in [1.82, 2.24) is 24.6 Å². The summed E-state index contributed by atoms with van der Waals surface area (Å²) in [4.78, 5) is 21.0. The summed E-state index contributed by atoms with van der Waals surface area (Å²) in [5, 5.41) is 4.25. The van der Waals surface area contributed by atoms with E-state index in [1.807, 2.05) is 29.0 Å². The Morgan fingerprint density at radius 3 is 2.89 bits per heavy atom. The van der Waals surface area contributed by atoms with Crippen molar-refractivity contribution in [2.75, 3.05) is 39.4 Å². The third-order valence-electron chi connectivity index (χ3n) is 4.97. The van der Waals surface area contributed by atoms with E-state index >= 15 is 0 Å². The van der Waals surface area contributed by atoms with E-state index in [0.717, 1.165) is 25.1 Å². The topological polar surface area (TPSA) is 72.7 Å². The van der Waals surface area contributed by atoms with Crippen LogP contribution in [-0.4, -0.2) is 75.7 Å². The molecule has 1 spiro atoms. The van der Waals surface area contributed by atoms with Gasteiger partial charge in [-0.2, -0.15) is 5.10 Å². The van der Waals surface area contributed by atoms with E-state index in [4.69, 9.17) is 9.47 Å². The molecular weight excluding hydrogens is 346 g/mol. The van der Waals surface area contributed by atoms with Crippen molar-refractivity contribution >= 4 is 5.91 Å². The molecule has 1 amide bonds. The van der Waals surface area contributed by atoms with Crippen LogP contribution in [0.2, 0.25) is 0 Å². The number of aromatic nitrogens is 3. The predicted molar refractivity (Wildman–Crippen MR) is 97.9 cm³/mol. The molecule has 2 aliphatic rings.